The van der Waals surface area contributed by atoms with E-state index >= 15 is 0 Å². The van der Waals surface area contributed by atoms with Crippen molar-refractivity contribution in [3.63, 3.8) is 0 Å². The quantitative estimate of drug-likeness (QED) is 0.643. The van der Waals surface area contributed by atoms with Crippen LogP contribution in [0, 0.1) is 0 Å². The van der Waals surface area contributed by atoms with Crippen LogP contribution in [0.2, 0.25) is 0 Å². The average molecular weight is 296 g/mol. The van der Waals surface area contributed by atoms with Crippen LogP contribution in [0.25, 0.3) is 0 Å². The van der Waals surface area contributed by atoms with Crippen LogP contribution in [0.4, 0.5) is 11.6 Å². The highest BCUT2D eigenvalue weighted by Crippen LogP contribution is 2.26. The summed E-state index contributed by atoms with van der Waals surface area (Å²) in [6.45, 7) is 6.03. The lowest BCUT2D eigenvalue weighted by Crippen LogP contribution is -2.37. The maximum atomic E-state index is 5.65. The Balaban J connectivity index is 2.20. The zero-order valence-corrected chi connectivity index (χ0v) is 13.5. The highest BCUT2D eigenvalue weighted by Gasteiger charge is 2.29. The van der Waals surface area contributed by atoms with Gasteiger partial charge in [-0.2, -0.15) is 0 Å². The molecule has 1 aromatic rings. The molecule has 1 fully saturated rings. The molecule has 1 aromatic heterocycles. The van der Waals surface area contributed by atoms with Crippen molar-refractivity contribution in [2.45, 2.75) is 44.0 Å². The molecule has 0 amide bonds. The van der Waals surface area contributed by atoms with Gasteiger partial charge < -0.3 is 15.0 Å². The zero-order valence-electron chi connectivity index (χ0n) is 12.7. The molecule has 1 N–H and O–H groups in total. The van der Waals surface area contributed by atoms with Crippen LogP contribution in [0.1, 0.15) is 26.7 Å². The van der Waals surface area contributed by atoms with Crippen LogP contribution in [-0.2, 0) is 4.74 Å². The third kappa shape index (κ3) is 3.55. The van der Waals surface area contributed by atoms with Gasteiger partial charge in [0.25, 0.3) is 0 Å². The Kier molecular flexibility index (Phi) is 5.48. The number of nitrogens with one attached hydrogen (secondary N) is 1. The first-order chi connectivity index (χ1) is 9.65. The molecule has 112 valence electrons. The summed E-state index contributed by atoms with van der Waals surface area (Å²) in [5.74, 6) is 1.87. The predicted molar refractivity (Wildman–Crippen MR) is 84.8 cm³/mol. The molecule has 6 heteroatoms. The van der Waals surface area contributed by atoms with E-state index in [1.165, 1.54) is 0 Å². The van der Waals surface area contributed by atoms with Crippen LogP contribution in [0.5, 0.6) is 0 Å². The highest BCUT2D eigenvalue weighted by atomic mass is 32.2. The third-order valence-electron chi connectivity index (χ3n) is 3.63. The van der Waals surface area contributed by atoms with E-state index in [4.69, 9.17) is 4.74 Å². The standard InChI is InChI=1S/C14H24N4OS/c1-5-7-15-12-9-13(17-14(16-12)20-4)18(3)11-6-8-19-10(11)2/h9-11H,5-8H2,1-4H3,(H,15,16,17). The fourth-order valence-electron chi connectivity index (χ4n) is 2.43. The second kappa shape index (κ2) is 7.13. The van der Waals surface area contributed by atoms with Crippen molar-refractivity contribution in [1.82, 2.24) is 9.97 Å². The van der Waals surface area contributed by atoms with E-state index in [1.54, 1.807) is 11.8 Å². The first kappa shape index (κ1) is 15.4. The Hall–Kier alpha value is -1.01. The van der Waals surface area contributed by atoms with Crippen molar-refractivity contribution in [3.8, 4) is 0 Å². The van der Waals surface area contributed by atoms with Gasteiger partial charge in [-0.15, -0.1) is 0 Å². The van der Waals surface area contributed by atoms with Crippen molar-refractivity contribution in [3.05, 3.63) is 6.07 Å². The number of aromatic nitrogens is 2. The fraction of sp³-hybridized carbons (Fsp3) is 0.714. The molecule has 1 aliphatic heterocycles. The molecule has 1 aliphatic rings. The van der Waals surface area contributed by atoms with Gasteiger partial charge in [0.2, 0.25) is 0 Å². The van der Waals surface area contributed by atoms with E-state index < -0.39 is 0 Å². The third-order valence-corrected chi connectivity index (χ3v) is 4.17. The van der Waals surface area contributed by atoms with Gasteiger partial charge >= 0.3 is 0 Å². The normalized spacial score (nSPS) is 22.0. The maximum Gasteiger partial charge on any atom is 0.191 e. The molecule has 0 aliphatic carbocycles. The molecule has 0 saturated carbocycles. The molecular weight excluding hydrogens is 272 g/mol. The van der Waals surface area contributed by atoms with Gasteiger partial charge in [-0.05, 0) is 26.0 Å². The highest BCUT2D eigenvalue weighted by molar-refractivity contribution is 7.98. The number of thioether (sulfide) groups is 1. The molecule has 5 nitrogen and oxygen atoms in total. The van der Waals surface area contributed by atoms with E-state index in [9.17, 15) is 0 Å². The van der Waals surface area contributed by atoms with Crippen molar-refractivity contribution < 1.29 is 4.74 Å². The molecule has 2 atom stereocenters. The van der Waals surface area contributed by atoms with Gasteiger partial charge in [-0.3, -0.25) is 0 Å². The minimum absolute atomic E-state index is 0.250. The molecule has 0 radical (unpaired) electrons. The lowest BCUT2D eigenvalue weighted by atomic mass is 10.1. The minimum atomic E-state index is 0.250. The maximum absolute atomic E-state index is 5.65. The fourth-order valence-corrected chi connectivity index (χ4v) is 2.80. The topological polar surface area (TPSA) is 50.3 Å². The van der Waals surface area contributed by atoms with Crippen molar-refractivity contribution >= 4 is 23.4 Å². The molecule has 20 heavy (non-hydrogen) atoms. The summed E-state index contributed by atoms with van der Waals surface area (Å²) in [6, 6.07) is 2.42. The SMILES string of the molecule is CCCNc1cc(N(C)C2CCOC2C)nc(SC)n1. The number of hydrogen-bond donors (Lipinski definition) is 1. The molecule has 0 aromatic carbocycles. The van der Waals surface area contributed by atoms with Crippen molar-refractivity contribution in [2.24, 2.45) is 0 Å². The Bertz CT molecular complexity index is 443. The average Bonchev–Trinajstić information content (AvgIpc) is 2.90. The summed E-state index contributed by atoms with van der Waals surface area (Å²) in [7, 11) is 2.09. The Morgan fingerprint density at radius 2 is 2.30 bits per heavy atom. The van der Waals surface area contributed by atoms with E-state index in [-0.39, 0.29) is 6.10 Å². The zero-order chi connectivity index (χ0) is 14.5. The van der Waals surface area contributed by atoms with Gasteiger partial charge in [0.1, 0.15) is 11.6 Å². The lowest BCUT2D eigenvalue weighted by molar-refractivity contribution is 0.118. The van der Waals surface area contributed by atoms with Crippen LogP contribution < -0.4 is 10.2 Å². The second-order valence-corrected chi connectivity index (χ2v) is 5.84. The summed E-state index contributed by atoms with van der Waals surface area (Å²) >= 11 is 1.57. The van der Waals surface area contributed by atoms with Crippen LogP contribution in [-0.4, -0.2) is 48.6 Å². The molecule has 0 spiro atoms. The smallest absolute Gasteiger partial charge is 0.191 e. The van der Waals surface area contributed by atoms with E-state index in [0.29, 0.717) is 6.04 Å². The van der Waals surface area contributed by atoms with Gasteiger partial charge in [-0.1, -0.05) is 18.7 Å². The van der Waals surface area contributed by atoms with Crippen LogP contribution in [0.15, 0.2) is 11.2 Å². The first-order valence-electron chi connectivity index (χ1n) is 7.17. The van der Waals surface area contributed by atoms with Gasteiger partial charge in [0, 0.05) is 26.3 Å². The molecule has 2 unspecified atom stereocenters. The minimum Gasteiger partial charge on any atom is -0.376 e. The van der Waals surface area contributed by atoms with Crippen molar-refractivity contribution in [2.75, 3.05) is 36.7 Å². The van der Waals surface area contributed by atoms with E-state index in [0.717, 1.165) is 42.8 Å². The summed E-state index contributed by atoms with van der Waals surface area (Å²) in [4.78, 5) is 11.3. The molecule has 2 heterocycles. The van der Waals surface area contributed by atoms with Gasteiger partial charge in [-0.25, -0.2) is 9.97 Å². The Morgan fingerprint density at radius 1 is 1.50 bits per heavy atom. The summed E-state index contributed by atoms with van der Waals surface area (Å²) in [6.07, 6.45) is 4.38. The summed E-state index contributed by atoms with van der Waals surface area (Å²) in [5, 5.41) is 4.15. The van der Waals surface area contributed by atoms with Crippen LogP contribution in [0.3, 0.4) is 0 Å². The molecular formula is C14H24N4OS. The molecule has 1 saturated heterocycles. The number of anilines is 2. The Morgan fingerprint density at radius 3 is 2.90 bits per heavy atom. The monoisotopic (exact) mass is 296 g/mol. The van der Waals surface area contributed by atoms with Gasteiger partial charge in [0.15, 0.2) is 5.16 Å². The lowest BCUT2D eigenvalue weighted by Gasteiger charge is -2.28. The van der Waals surface area contributed by atoms with Crippen molar-refractivity contribution in [1.29, 1.82) is 0 Å². The largest absolute Gasteiger partial charge is 0.376 e. The summed E-state index contributed by atoms with van der Waals surface area (Å²) < 4.78 is 5.65. The number of rotatable bonds is 6. The number of hydrogen-bond acceptors (Lipinski definition) is 6. The summed E-state index contributed by atoms with van der Waals surface area (Å²) in [5.41, 5.74) is 0. The number of nitrogens with zero attached hydrogens (tertiary/aromatic N) is 3. The predicted octanol–water partition coefficient (Wildman–Crippen LogP) is 2.63. The Labute approximate surface area is 125 Å². The molecule has 0 bridgehead atoms. The number of likely N-dealkylation sites (N-methyl/N-ethyl adjacent to an activating group) is 1. The van der Waals surface area contributed by atoms with Crippen LogP contribution >= 0.6 is 11.8 Å². The van der Waals surface area contributed by atoms with E-state index in [2.05, 4.69) is 41.1 Å². The number of ether oxygens (including phenoxy) is 1. The van der Waals surface area contributed by atoms with E-state index in [1.807, 2.05) is 12.3 Å². The second-order valence-electron chi connectivity index (χ2n) is 5.07. The van der Waals surface area contributed by atoms with Gasteiger partial charge in [0.05, 0.1) is 12.1 Å². The molecule has 2 rings (SSSR count). The first-order valence-corrected chi connectivity index (χ1v) is 8.39.